The Kier molecular flexibility index (Phi) is 4.63. The monoisotopic (exact) mass is 289 g/mol. The van der Waals surface area contributed by atoms with Crippen molar-refractivity contribution in [3.8, 4) is 5.75 Å². The van der Waals surface area contributed by atoms with Crippen LogP contribution in [0.2, 0.25) is 0 Å². The van der Waals surface area contributed by atoms with E-state index in [1.807, 2.05) is 35.9 Å². The molecule has 21 heavy (non-hydrogen) atoms. The Labute approximate surface area is 125 Å². The predicted octanol–water partition coefficient (Wildman–Crippen LogP) is 2.46. The molecule has 0 amide bonds. The smallest absolute Gasteiger partial charge is 0.119 e. The summed E-state index contributed by atoms with van der Waals surface area (Å²) in [7, 11) is 0. The summed E-state index contributed by atoms with van der Waals surface area (Å²) in [5.74, 6) is 0.848. The molecule has 0 spiro atoms. The van der Waals surface area contributed by atoms with Crippen molar-refractivity contribution in [1.29, 1.82) is 0 Å². The van der Waals surface area contributed by atoms with E-state index in [2.05, 4.69) is 31.1 Å². The summed E-state index contributed by atoms with van der Waals surface area (Å²) >= 11 is 0. The molecule has 1 aromatic heterocycles. The van der Waals surface area contributed by atoms with Gasteiger partial charge in [0.1, 0.15) is 18.1 Å². The van der Waals surface area contributed by atoms with Crippen molar-refractivity contribution in [3.05, 3.63) is 41.2 Å². The number of aryl methyl sites for hydroxylation is 1. The Balaban J connectivity index is 2.03. The fourth-order valence-electron chi connectivity index (χ4n) is 2.32. The summed E-state index contributed by atoms with van der Waals surface area (Å²) < 4.78 is 7.54. The lowest BCUT2D eigenvalue weighted by atomic mass is 9.90. The van der Waals surface area contributed by atoms with Crippen LogP contribution in [-0.2, 0) is 18.6 Å². The summed E-state index contributed by atoms with van der Waals surface area (Å²) in [6.07, 6.45) is 0. The van der Waals surface area contributed by atoms with Gasteiger partial charge < -0.3 is 9.84 Å². The average molecular weight is 289 g/mol. The van der Waals surface area contributed by atoms with Crippen LogP contribution in [0.15, 0.2) is 24.3 Å². The zero-order valence-corrected chi connectivity index (χ0v) is 13.1. The van der Waals surface area contributed by atoms with Gasteiger partial charge in [0.25, 0.3) is 0 Å². The van der Waals surface area contributed by atoms with Gasteiger partial charge in [-0.05, 0) is 19.1 Å². The molecule has 0 radical (unpaired) electrons. The molecular weight excluding hydrogens is 266 g/mol. The lowest BCUT2D eigenvalue weighted by Crippen LogP contribution is -2.22. The summed E-state index contributed by atoms with van der Waals surface area (Å²) in [4.78, 5) is 0. The van der Waals surface area contributed by atoms with E-state index in [1.54, 1.807) is 0 Å². The molecule has 114 valence electrons. The van der Waals surface area contributed by atoms with Gasteiger partial charge >= 0.3 is 0 Å². The van der Waals surface area contributed by atoms with Crippen molar-refractivity contribution in [1.82, 2.24) is 15.0 Å². The van der Waals surface area contributed by atoms with E-state index in [4.69, 9.17) is 4.74 Å². The van der Waals surface area contributed by atoms with E-state index in [0.29, 0.717) is 18.8 Å². The highest BCUT2D eigenvalue weighted by Gasteiger charge is 2.24. The number of aliphatic hydroxyl groups excluding tert-OH is 1. The molecule has 2 rings (SSSR count). The number of hydrogen-bond donors (Lipinski definition) is 1. The fourth-order valence-corrected chi connectivity index (χ4v) is 2.32. The van der Waals surface area contributed by atoms with Gasteiger partial charge in [0.2, 0.25) is 0 Å². The molecule has 5 nitrogen and oxygen atoms in total. The molecular formula is C16H23N3O2. The summed E-state index contributed by atoms with van der Waals surface area (Å²) in [6.45, 7) is 9.33. The van der Waals surface area contributed by atoms with Crippen molar-refractivity contribution < 1.29 is 9.84 Å². The van der Waals surface area contributed by atoms with Gasteiger partial charge in [-0.15, -0.1) is 5.10 Å². The summed E-state index contributed by atoms with van der Waals surface area (Å²) in [6, 6.07) is 7.96. The van der Waals surface area contributed by atoms with Crippen LogP contribution in [0.5, 0.6) is 5.75 Å². The normalized spacial score (nSPS) is 11.7. The third-order valence-corrected chi connectivity index (χ3v) is 3.26. The van der Waals surface area contributed by atoms with Gasteiger partial charge in [-0.1, -0.05) is 43.7 Å². The van der Waals surface area contributed by atoms with E-state index in [-0.39, 0.29) is 12.0 Å². The van der Waals surface area contributed by atoms with Crippen molar-refractivity contribution in [2.45, 2.75) is 46.3 Å². The number of aliphatic hydroxyl groups is 1. The molecule has 0 saturated carbocycles. The first-order chi connectivity index (χ1) is 9.91. The van der Waals surface area contributed by atoms with Gasteiger partial charge in [0, 0.05) is 5.41 Å². The standard InChI is InChI=1S/C16H23N3O2/c1-12-5-7-13(8-6-12)21-10-9-19-15(16(2,3)4)14(11-20)17-18-19/h5-8,20H,9-11H2,1-4H3. The molecule has 2 aromatic rings. The number of rotatable bonds is 5. The molecule has 0 aliphatic carbocycles. The first kappa shape index (κ1) is 15.5. The molecule has 1 heterocycles. The number of aromatic nitrogens is 3. The summed E-state index contributed by atoms with van der Waals surface area (Å²) in [5.41, 5.74) is 2.68. The van der Waals surface area contributed by atoms with Crippen molar-refractivity contribution in [3.63, 3.8) is 0 Å². The molecule has 0 aliphatic heterocycles. The van der Waals surface area contributed by atoms with Gasteiger partial charge in [-0.3, -0.25) is 0 Å². The van der Waals surface area contributed by atoms with E-state index in [0.717, 1.165) is 11.4 Å². The van der Waals surface area contributed by atoms with Crippen LogP contribution in [0.25, 0.3) is 0 Å². The first-order valence-electron chi connectivity index (χ1n) is 7.15. The SMILES string of the molecule is Cc1ccc(OCCn2nnc(CO)c2C(C)(C)C)cc1. The van der Waals surface area contributed by atoms with Crippen molar-refractivity contribution >= 4 is 0 Å². The van der Waals surface area contributed by atoms with Gasteiger partial charge in [-0.2, -0.15) is 0 Å². The molecule has 0 fully saturated rings. The van der Waals surface area contributed by atoms with Gasteiger partial charge in [0.05, 0.1) is 18.8 Å². The molecule has 0 bridgehead atoms. The predicted molar refractivity (Wildman–Crippen MR) is 81.3 cm³/mol. The zero-order valence-electron chi connectivity index (χ0n) is 13.1. The van der Waals surface area contributed by atoms with Crippen LogP contribution >= 0.6 is 0 Å². The van der Waals surface area contributed by atoms with E-state index in [9.17, 15) is 5.11 Å². The maximum atomic E-state index is 9.38. The number of ether oxygens (including phenoxy) is 1. The van der Waals surface area contributed by atoms with Crippen LogP contribution < -0.4 is 4.74 Å². The van der Waals surface area contributed by atoms with E-state index in [1.165, 1.54) is 5.56 Å². The van der Waals surface area contributed by atoms with Crippen LogP contribution in [0.3, 0.4) is 0 Å². The highest BCUT2D eigenvalue weighted by atomic mass is 16.5. The molecule has 0 aliphatic rings. The van der Waals surface area contributed by atoms with Gasteiger partial charge in [-0.25, -0.2) is 4.68 Å². The fraction of sp³-hybridized carbons (Fsp3) is 0.500. The van der Waals surface area contributed by atoms with Crippen LogP contribution in [0.1, 0.15) is 37.7 Å². The van der Waals surface area contributed by atoms with Crippen LogP contribution in [-0.4, -0.2) is 26.7 Å². The topological polar surface area (TPSA) is 60.2 Å². The minimum Gasteiger partial charge on any atom is -0.492 e. The third-order valence-electron chi connectivity index (χ3n) is 3.26. The van der Waals surface area contributed by atoms with Crippen LogP contribution in [0, 0.1) is 6.92 Å². The quantitative estimate of drug-likeness (QED) is 0.918. The Hall–Kier alpha value is -1.88. The number of nitrogens with zero attached hydrogens (tertiary/aromatic N) is 3. The molecule has 0 unspecified atom stereocenters. The zero-order chi connectivity index (χ0) is 15.5. The second kappa shape index (κ2) is 6.26. The minimum atomic E-state index is -0.120. The molecule has 0 saturated heterocycles. The Bertz CT molecular complexity index is 583. The number of hydrogen-bond acceptors (Lipinski definition) is 4. The maximum absolute atomic E-state index is 9.38. The highest BCUT2D eigenvalue weighted by molar-refractivity contribution is 5.26. The maximum Gasteiger partial charge on any atom is 0.119 e. The first-order valence-corrected chi connectivity index (χ1v) is 7.15. The van der Waals surface area contributed by atoms with Crippen LogP contribution in [0.4, 0.5) is 0 Å². The number of benzene rings is 1. The third kappa shape index (κ3) is 3.82. The lowest BCUT2D eigenvalue weighted by molar-refractivity contribution is 0.270. The highest BCUT2D eigenvalue weighted by Crippen LogP contribution is 2.24. The summed E-state index contributed by atoms with van der Waals surface area (Å²) in [5, 5.41) is 17.5. The molecule has 1 N–H and O–H groups in total. The minimum absolute atomic E-state index is 0.0918. The second-order valence-electron chi connectivity index (χ2n) is 6.18. The van der Waals surface area contributed by atoms with Gasteiger partial charge in [0.15, 0.2) is 0 Å². The Morgan fingerprint density at radius 2 is 1.86 bits per heavy atom. The molecule has 1 aromatic carbocycles. The van der Waals surface area contributed by atoms with E-state index < -0.39 is 0 Å². The molecule has 5 heteroatoms. The van der Waals surface area contributed by atoms with Crippen molar-refractivity contribution in [2.24, 2.45) is 0 Å². The largest absolute Gasteiger partial charge is 0.492 e. The Morgan fingerprint density at radius 1 is 1.19 bits per heavy atom. The van der Waals surface area contributed by atoms with Crippen molar-refractivity contribution in [2.75, 3.05) is 6.61 Å². The average Bonchev–Trinajstić information content (AvgIpc) is 2.84. The van der Waals surface area contributed by atoms with E-state index >= 15 is 0 Å². The Morgan fingerprint density at radius 3 is 2.43 bits per heavy atom. The molecule has 0 atom stereocenters. The second-order valence-corrected chi connectivity index (χ2v) is 6.18. The lowest BCUT2D eigenvalue weighted by Gasteiger charge is -2.21.